The molecule has 0 fully saturated rings. The molecule has 0 aliphatic heterocycles. The molecule has 0 radical (unpaired) electrons. The molecule has 3 rings (SSSR count). The Morgan fingerprint density at radius 1 is 1.04 bits per heavy atom. The molecule has 0 saturated carbocycles. The summed E-state index contributed by atoms with van der Waals surface area (Å²) >= 11 is 12.0. The number of hydrogen-bond donors (Lipinski definition) is 1. The van der Waals surface area contributed by atoms with Gasteiger partial charge in [-0.15, -0.1) is 0 Å². The van der Waals surface area contributed by atoms with Crippen molar-refractivity contribution in [1.82, 2.24) is 5.16 Å². The number of aryl methyl sites for hydroxylation is 1. The third-order valence-electron chi connectivity index (χ3n) is 3.60. The summed E-state index contributed by atoms with van der Waals surface area (Å²) in [7, 11) is -4.41. The number of halogens is 4. The number of nitrogens with zero attached hydrogens (tertiary/aromatic N) is 1. The van der Waals surface area contributed by atoms with Gasteiger partial charge in [0.1, 0.15) is 28.0 Å². The molecule has 0 saturated heterocycles. The molecule has 1 aromatic heterocycles. The summed E-state index contributed by atoms with van der Waals surface area (Å²) in [5.74, 6) is -2.01. The highest BCUT2D eigenvalue weighted by molar-refractivity contribution is 7.89. The topological polar surface area (TPSA) is 86.2 Å². The highest BCUT2D eigenvalue weighted by Crippen LogP contribution is 2.38. The second-order valence-corrected chi connectivity index (χ2v) is 7.83. The van der Waals surface area contributed by atoms with E-state index in [1.54, 1.807) is 0 Å². The smallest absolute Gasteiger partial charge is 0.241 e. The van der Waals surface area contributed by atoms with Crippen LogP contribution in [0.4, 0.5) is 8.78 Å². The first-order valence-electron chi connectivity index (χ1n) is 7.03. The van der Waals surface area contributed by atoms with Gasteiger partial charge in [-0.3, -0.25) is 0 Å². The third kappa shape index (κ3) is 3.45. The third-order valence-corrected chi connectivity index (χ3v) is 4.96. The van der Waals surface area contributed by atoms with Crippen LogP contribution < -0.4 is 5.14 Å². The van der Waals surface area contributed by atoms with Crippen LogP contribution in [0.3, 0.4) is 0 Å². The molecule has 2 N–H and O–H groups in total. The first-order valence-corrected chi connectivity index (χ1v) is 9.33. The minimum Gasteiger partial charge on any atom is -0.360 e. The minimum atomic E-state index is -4.41. The first-order chi connectivity index (χ1) is 12.1. The normalized spacial score (nSPS) is 11.8. The molecule has 0 aliphatic rings. The van der Waals surface area contributed by atoms with Crippen LogP contribution in [-0.2, 0) is 10.0 Å². The minimum absolute atomic E-state index is 0.140. The van der Waals surface area contributed by atoms with E-state index in [9.17, 15) is 17.2 Å². The van der Waals surface area contributed by atoms with Gasteiger partial charge in [-0.1, -0.05) is 28.4 Å². The standard InChI is InChI=1S/C16H10Cl2F2N2O3S/c1-7-15(11-5-13(20)14(6-12(11)19)26(21,23)24)16(22-25-7)8-2-9(17)4-10(18)3-8/h2-6H,1H3,(H2,21,23,24). The van der Waals surface area contributed by atoms with E-state index in [2.05, 4.69) is 5.16 Å². The quantitative estimate of drug-likeness (QED) is 0.675. The maximum atomic E-state index is 14.5. The Bertz CT molecular complexity index is 1110. The zero-order valence-corrected chi connectivity index (χ0v) is 15.4. The van der Waals surface area contributed by atoms with Crippen LogP contribution in [0.2, 0.25) is 10.0 Å². The van der Waals surface area contributed by atoms with E-state index in [4.69, 9.17) is 32.9 Å². The van der Waals surface area contributed by atoms with E-state index in [0.717, 1.165) is 6.07 Å². The molecule has 10 heteroatoms. The average Bonchev–Trinajstić information content (AvgIpc) is 2.88. The second kappa shape index (κ2) is 6.62. The van der Waals surface area contributed by atoms with Crippen molar-refractivity contribution in [2.45, 2.75) is 11.8 Å². The van der Waals surface area contributed by atoms with E-state index >= 15 is 0 Å². The van der Waals surface area contributed by atoms with Crippen LogP contribution >= 0.6 is 23.2 Å². The van der Waals surface area contributed by atoms with E-state index in [1.165, 1.54) is 25.1 Å². The lowest BCUT2D eigenvalue weighted by molar-refractivity contribution is 0.400. The maximum absolute atomic E-state index is 14.5. The van der Waals surface area contributed by atoms with Gasteiger partial charge in [-0.2, -0.15) is 0 Å². The largest absolute Gasteiger partial charge is 0.360 e. The Morgan fingerprint density at radius 3 is 2.23 bits per heavy atom. The van der Waals surface area contributed by atoms with Crippen molar-refractivity contribution in [1.29, 1.82) is 0 Å². The number of nitrogens with two attached hydrogens (primary N) is 1. The van der Waals surface area contributed by atoms with Crippen molar-refractivity contribution in [3.8, 4) is 22.4 Å². The molecule has 5 nitrogen and oxygen atoms in total. The van der Waals surface area contributed by atoms with Gasteiger partial charge < -0.3 is 4.52 Å². The number of hydrogen-bond acceptors (Lipinski definition) is 4. The molecule has 0 bridgehead atoms. The number of primary sulfonamides is 1. The van der Waals surface area contributed by atoms with Crippen molar-refractivity contribution in [3.63, 3.8) is 0 Å². The molecule has 0 aliphatic carbocycles. The summed E-state index contributed by atoms with van der Waals surface area (Å²) in [6.45, 7) is 1.50. The zero-order chi connectivity index (χ0) is 19.2. The average molecular weight is 419 g/mol. The Kier molecular flexibility index (Phi) is 4.78. The molecule has 0 amide bonds. The fourth-order valence-electron chi connectivity index (χ4n) is 2.52. The van der Waals surface area contributed by atoms with Gasteiger partial charge in [-0.25, -0.2) is 22.3 Å². The Morgan fingerprint density at radius 2 is 1.65 bits per heavy atom. The van der Waals surface area contributed by atoms with E-state index in [-0.39, 0.29) is 22.6 Å². The number of rotatable bonds is 3. The fourth-order valence-corrected chi connectivity index (χ4v) is 3.64. The maximum Gasteiger partial charge on any atom is 0.241 e. The van der Waals surface area contributed by atoms with Crippen molar-refractivity contribution in [2.75, 3.05) is 0 Å². The van der Waals surface area contributed by atoms with E-state index < -0.39 is 26.6 Å². The van der Waals surface area contributed by atoms with Crippen LogP contribution in [-0.4, -0.2) is 13.6 Å². The summed E-state index contributed by atoms with van der Waals surface area (Å²) in [5, 5.41) is 9.38. The van der Waals surface area contributed by atoms with Gasteiger partial charge in [0.2, 0.25) is 10.0 Å². The lowest BCUT2D eigenvalue weighted by Crippen LogP contribution is -2.14. The summed E-state index contributed by atoms with van der Waals surface area (Å²) in [6, 6.07) is 5.80. The molecule has 136 valence electrons. The number of aromatic nitrogens is 1. The monoisotopic (exact) mass is 418 g/mol. The van der Waals surface area contributed by atoms with Crippen LogP contribution in [0.15, 0.2) is 39.8 Å². The molecule has 0 atom stereocenters. The van der Waals surface area contributed by atoms with Gasteiger partial charge in [0.15, 0.2) is 0 Å². The molecule has 1 heterocycles. The predicted molar refractivity (Wildman–Crippen MR) is 93.4 cm³/mol. The second-order valence-electron chi connectivity index (χ2n) is 5.43. The van der Waals surface area contributed by atoms with Gasteiger partial charge in [0.05, 0.1) is 5.56 Å². The van der Waals surface area contributed by atoms with E-state index in [1.807, 2.05) is 0 Å². The summed E-state index contributed by atoms with van der Waals surface area (Å²) < 4.78 is 56.5. The predicted octanol–water partition coefficient (Wildman–Crippen LogP) is 4.55. The number of sulfonamides is 1. The van der Waals surface area contributed by atoms with Crippen molar-refractivity contribution in [2.24, 2.45) is 5.14 Å². The van der Waals surface area contributed by atoms with E-state index in [0.29, 0.717) is 21.7 Å². The van der Waals surface area contributed by atoms with Gasteiger partial charge in [0.25, 0.3) is 0 Å². The van der Waals surface area contributed by atoms with Crippen molar-refractivity contribution >= 4 is 33.2 Å². The first kappa shape index (κ1) is 18.8. The summed E-state index contributed by atoms with van der Waals surface area (Å²) in [5.41, 5.74) is 0.499. The van der Waals surface area contributed by atoms with Gasteiger partial charge >= 0.3 is 0 Å². The molecule has 0 unspecified atom stereocenters. The van der Waals surface area contributed by atoms with Gasteiger partial charge in [0, 0.05) is 21.2 Å². The molecule has 2 aromatic carbocycles. The lowest BCUT2D eigenvalue weighted by Gasteiger charge is -2.08. The van der Waals surface area contributed by atoms with Crippen LogP contribution in [0.5, 0.6) is 0 Å². The molecular weight excluding hydrogens is 409 g/mol. The zero-order valence-electron chi connectivity index (χ0n) is 13.1. The summed E-state index contributed by atoms with van der Waals surface area (Å²) in [4.78, 5) is -0.944. The van der Waals surface area contributed by atoms with Crippen LogP contribution in [0.1, 0.15) is 5.76 Å². The molecular formula is C16H10Cl2F2N2O3S. The lowest BCUT2D eigenvalue weighted by atomic mass is 9.99. The van der Waals surface area contributed by atoms with Crippen LogP contribution in [0, 0.1) is 18.6 Å². The highest BCUT2D eigenvalue weighted by atomic mass is 35.5. The SMILES string of the molecule is Cc1onc(-c2cc(Cl)cc(Cl)c2)c1-c1cc(F)c(S(N)(=O)=O)cc1F. The van der Waals surface area contributed by atoms with Crippen LogP contribution in [0.25, 0.3) is 22.4 Å². The molecule has 3 aromatic rings. The Balaban J connectivity index is 2.26. The van der Waals surface area contributed by atoms with Crippen molar-refractivity contribution < 1.29 is 21.7 Å². The highest BCUT2D eigenvalue weighted by Gasteiger charge is 2.24. The fraction of sp³-hybridized carbons (Fsp3) is 0.0625. The number of benzene rings is 2. The van der Waals surface area contributed by atoms with Gasteiger partial charge in [-0.05, 0) is 37.3 Å². The molecule has 0 spiro atoms. The molecule has 26 heavy (non-hydrogen) atoms. The summed E-state index contributed by atoms with van der Waals surface area (Å²) in [6.07, 6.45) is 0. The van der Waals surface area contributed by atoms with Crippen molar-refractivity contribution in [3.05, 3.63) is 57.8 Å². The Labute approximate surface area is 157 Å². The Hall–Kier alpha value is -2.00.